The molecular weight excluding hydrogens is 727 g/mol. The Hall–Kier alpha value is -7.16. The van der Waals surface area contributed by atoms with Gasteiger partial charge in [0.15, 0.2) is 0 Å². The van der Waals surface area contributed by atoms with Crippen molar-refractivity contribution in [1.82, 2.24) is 0 Å². The Morgan fingerprint density at radius 3 is 1.47 bits per heavy atom. The van der Waals surface area contributed by atoms with Crippen LogP contribution in [-0.4, -0.2) is 0 Å². The smallest absolute Gasteiger partial charge is 0.143 e. The summed E-state index contributed by atoms with van der Waals surface area (Å²) in [5.41, 5.74) is 16.2. The molecule has 10 aromatic rings. The fourth-order valence-corrected chi connectivity index (χ4v) is 9.65. The fourth-order valence-electron chi connectivity index (χ4n) is 9.65. The predicted molar refractivity (Wildman–Crippen MR) is 253 cm³/mol. The van der Waals surface area contributed by atoms with E-state index >= 15 is 0 Å². The molecule has 0 saturated heterocycles. The molecule has 0 amide bonds. The fraction of sp³-hybridized carbons (Fsp3) is 0.103. The highest BCUT2D eigenvalue weighted by molar-refractivity contribution is 6.09. The zero-order chi connectivity index (χ0) is 39.8. The monoisotopic (exact) mass is 771 g/mol. The number of furan rings is 1. The van der Waals surface area contributed by atoms with E-state index in [9.17, 15) is 0 Å². The first-order chi connectivity index (χ1) is 29.7. The topological polar surface area (TPSA) is 16.4 Å². The number of hydrogen-bond donors (Lipinski definition) is 0. The number of nitrogens with zero attached hydrogens (tertiary/aromatic N) is 1. The molecule has 0 unspecified atom stereocenters. The van der Waals surface area contributed by atoms with Crippen LogP contribution in [-0.2, 0) is 0 Å². The Bertz CT molecular complexity index is 3080. The molecular formula is C58H45NO. The van der Waals surface area contributed by atoms with Gasteiger partial charge in [-0.3, -0.25) is 0 Å². The van der Waals surface area contributed by atoms with E-state index in [1.54, 1.807) is 0 Å². The third-order valence-electron chi connectivity index (χ3n) is 12.7. The average molecular weight is 772 g/mol. The number of anilines is 3. The van der Waals surface area contributed by atoms with Crippen LogP contribution >= 0.6 is 0 Å². The number of rotatable bonds is 8. The predicted octanol–water partition coefficient (Wildman–Crippen LogP) is 16.9. The molecule has 9 aromatic carbocycles. The van der Waals surface area contributed by atoms with Crippen LogP contribution in [0.4, 0.5) is 17.1 Å². The normalized spacial score (nSPS) is 13.3. The molecule has 1 fully saturated rings. The van der Waals surface area contributed by atoms with Gasteiger partial charge in [-0.1, -0.05) is 183 Å². The Kier molecular flexibility index (Phi) is 9.32. The molecule has 2 heteroatoms. The van der Waals surface area contributed by atoms with E-state index < -0.39 is 0 Å². The lowest BCUT2D eigenvalue weighted by Gasteiger charge is -2.26. The molecule has 1 saturated carbocycles. The molecule has 1 aliphatic rings. The summed E-state index contributed by atoms with van der Waals surface area (Å²) in [5.74, 6) is 0.677. The lowest BCUT2D eigenvalue weighted by molar-refractivity contribution is 0.445. The van der Waals surface area contributed by atoms with Crippen molar-refractivity contribution >= 4 is 49.8 Å². The number of benzene rings is 9. The molecule has 1 heterocycles. The summed E-state index contributed by atoms with van der Waals surface area (Å²) in [4.78, 5) is 2.34. The first-order valence-electron chi connectivity index (χ1n) is 21.4. The quantitative estimate of drug-likeness (QED) is 0.153. The van der Waals surface area contributed by atoms with Crippen molar-refractivity contribution in [3.8, 4) is 44.5 Å². The van der Waals surface area contributed by atoms with E-state index in [1.807, 2.05) is 12.1 Å². The summed E-state index contributed by atoms with van der Waals surface area (Å²) < 4.78 is 6.41. The van der Waals surface area contributed by atoms with Crippen LogP contribution in [0.3, 0.4) is 0 Å². The van der Waals surface area contributed by atoms with E-state index in [0.717, 1.165) is 50.1 Å². The molecule has 60 heavy (non-hydrogen) atoms. The van der Waals surface area contributed by atoms with Crippen molar-refractivity contribution in [3.05, 3.63) is 212 Å². The van der Waals surface area contributed by atoms with Crippen LogP contribution in [0.25, 0.3) is 77.2 Å². The molecule has 2 nitrogen and oxygen atoms in total. The zero-order valence-electron chi connectivity index (χ0n) is 33.6. The zero-order valence-corrected chi connectivity index (χ0v) is 33.6. The van der Waals surface area contributed by atoms with Crippen LogP contribution in [0.15, 0.2) is 211 Å². The van der Waals surface area contributed by atoms with E-state index in [4.69, 9.17) is 4.42 Å². The van der Waals surface area contributed by atoms with E-state index in [2.05, 4.69) is 199 Å². The lowest BCUT2D eigenvalue weighted by Crippen LogP contribution is -2.09. The van der Waals surface area contributed by atoms with Gasteiger partial charge in [0.2, 0.25) is 0 Å². The third-order valence-corrected chi connectivity index (χ3v) is 12.7. The highest BCUT2D eigenvalue weighted by Crippen LogP contribution is 2.42. The van der Waals surface area contributed by atoms with Crippen molar-refractivity contribution in [2.45, 2.75) is 38.0 Å². The second-order valence-corrected chi connectivity index (χ2v) is 16.3. The summed E-state index contributed by atoms with van der Waals surface area (Å²) in [7, 11) is 0. The van der Waals surface area contributed by atoms with Gasteiger partial charge in [-0.2, -0.15) is 0 Å². The Morgan fingerprint density at radius 1 is 0.333 bits per heavy atom. The summed E-state index contributed by atoms with van der Waals surface area (Å²) in [6.45, 7) is 0. The van der Waals surface area contributed by atoms with Gasteiger partial charge in [-0.05, 0) is 117 Å². The van der Waals surface area contributed by atoms with Gasteiger partial charge in [-0.15, -0.1) is 0 Å². The largest absolute Gasteiger partial charge is 0.455 e. The Labute approximate surface area is 352 Å². The summed E-state index contributed by atoms with van der Waals surface area (Å²) in [6, 6.07) is 75.0. The molecule has 0 N–H and O–H groups in total. The molecule has 0 bridgehead atoms. The Morgan fingerprint density at radius 2 is 0.800 bits per heavy atom. The molecule has 288 valence electrons. The minimum absolute atomic E-state index is 0.677. The van der Waals surface area contributed by atoms with Gasteiger partial charge >= 0.3 is 0 Å². The van der Waals surface area contributed by atoms with Gasteiger partial charge in [0.1, 0.15) is 11.2 Å². The van der Waals surface area contributed by atoms with Gasteiger partial charge in [0, 0.05) is 33.4 Å². The highest BCUT2D eigenvalue weighted by Gasteiger charge is 2.19. The first-order valence-corrected chi connectivity index (χ1v) is 21.4. The van der Waals surface area contributed by atoms with Crippen molar-refractivity contribution in [2.75, 3.05) is 4.90 Å². The van der Waals surface area contributed by atoms with Crippen molar-refractivity contribution in [1.29, 1.82) is 0 Å². The molecule has 1 aromatic heterocycles. The second kappa shape index (κ2) is 15.5. The minimum atomic E-state index is 0.677. The highest BCUT2D eigenvalue weighted by atomic mass is 16.3. The van der Waals surface area contributed by atoms with Gasteiger partial charge in [0.05, 0.1) is 0 Å². The van der Waals surface area contributed by atoms with Crippen molar-refractivity contribution in [3.63, 3.8) is 0 Å². The van der Waals surface area contributed by atoms with Crippen molar-refractivity contribution in [2.24, 2.45) is 0 Å². The molecule has 0 spiro atoms. The van der Waals surface area contributed by atoms with E-state index in [0.29, 0.717) is 5.92 Å². The first kappa shape index (κ1) is 36.0. The second-order valence-electron chi connectivity index (χ2n) is 16.3. The number of hydrogen-bond acceptors (Lipinski definition) is 2. The minimum Gasteiger partial charge on any atom is -0.455 e. The maximum Gasteiger partial charge on any atom is 0.143 e. The van der Waals surface area contributed by atoms with Crippen LogP contribution in [0.5, 0.6) is 0 Å². The molecule has 0 aliphatic heterocycles. The van der Waals surface area contributed by atoms with Crippen LogP contribution in [0, 0.1) is 0 Å². The lowest BCUT2D eigenvalue weighted by atomic mass is 9.81. The van der Waals surface area contributed by atoms with Gasteiger partial charge < -0.3 is 9.32 Å². The summed E-state index contributed by atoms with van der Waals surface area (Å²) >= 11 is 0. The third kappa shape index (κ3) is 6.65. The van der Waals surface area contributed by atoms with Crippen molar-refractivity contribution < 1.29 is 4.42 Å². The van der Waals surface area contributed by atoms with E-state index in [1.165, 1.54) is 81.8 Å². The summed E-state index contributed by atoms with van der Waals surface area (Å²) in [5, 5.41) is 5.05. The molecule has 11 rings (SSSR count). The number of fused-ring (bicyclic) bond motifs is 4. The standard InChI is InChI=1S/C58H45NO/c1-3-12-40(13-4-1)42-28-34-47(35-29-42)59(49-38-32-46(33-39-49)52-19-11-22-56-55-16-7-8-23-57(55)60-58(52)56)48-36-30-43(31-37-48)41-24-26-45(27-25-41)51-18-10-20-53-50(17-9-21-54(51)53)44-14-5-2-6-15-44/h1,3-4,7-13,16-39,44H,2,5-6,14-15H2. The molecule has 1 aliphatic carbocycles. The van der Waals surface area contributed by atoms with Gasteiger partial charge in [0.25, 0.3) is 0 Å². The number of para-hydroxylation sites is 2. The average Bonchev–Trinajstić information content (AvgIpc) is 3.72. The summed E-state index contributed by atoms with van der Waals surface area (Å²) in [6.07, 6.45) is 6.68. The maximum atomic E-state index is 6.41. The molecule has 0 atom stereocenters. The van der Waals surface area contributed by atoms with Crippen LogP contribution in [0.2, 0.25) is 0 Å². The SMILES string of the molecule is c1ccc(-c2ccc(N(c3ccc(-c4ccc(-c5cccc6c(C7CCCCC7)cccc56)cc4)cc3)c3ccc(-c4cccc5c4oc4ccccc45)cc3)cc2)cc1. The maximum absolute atomic E-state index is 6.41. The van der Waals surface area contributed by atoms with Crippen LogP contribution < -0.4 is 4.90 Å². The van der Waals surface area contributed by atoms with E-state index in [-0.39, 0.29) is 0 Å². The Balaban J connectivity index is 0.915. The van der Waals surface area contributed by atoms with Crippen LogP contribution in [0.1, 0.15) is 43.6 Å². The van der Waals surface area contributed by atoms with Gasteiger partial charge in [-0.25, -0.2) is 0 Å². The molecule has 0 radical (unpaired) electrons.